The third-order valence-electron chi connectivity index (χ3n) is 4.25. The van der Waals surface area contributed by atoms with Crippen LogP contribution in [-0.2, 0) is 9.31 Å². The lowest BCUT2D eigenvalue weighted by atomic mass is 9.79. The summed E-state index contributed by atoms with van der Waals surface area (Å²) in [6, 6.07) is 7.93. The first-order chi connectivity index (χ1) is 9.86. The van der Waals surface area contributed by atoms with E-state index in [0.29, 0.717) is 13.2 Å². The average Bonchev–Trinajstić information content (AvgIpc) is 2.64. The number of ether oxygens (including phenoxy) is 1. The van der Waals surface area contributed by atoms with Gasteiger partial charge in [0.1, 0.15) is 5.75 Å². The lowest BCUT2D eigenvalue weighted by Gasteiger charge is -2.32. The largest absolute Gasteiger partial charge is 0.494 e. The second-order valence-corrected chi connectivity index (χ2v) is 6.50. The first-order valence-corrected chi connectivity index (χ1v) is 7.64. The third-order valence-corrected chi connectivity index (χ3v) is 4.25. The van der Waals surface area contributed by atoms with Crippen LogP contribution < -0.4 is 15.9 Å². The fourth-order valence-electron chi connectivity index (χ4n) is 2.17. The van der Waals surface area contributed by atoms with Crippen molar-refractivity contribution >= 4 is 25.0 Å². The number of rotatable bonds is 6. The van der Waals surface area contributed by atoms with E-state index in [9.17, 15) is 0 Å². The van der Waals surface area contributed by atoms with Gasteiger partial charge in [-0.2, -0.15) is 0 Å². The van der Waals surface area contributed by atoms with Gasteiger partial charge in [0, 0.05) is 0 Å². The zero-order valence-corrected chi connectivity index (χ0v) is 14.7. The molecule has 0 saturated carbocycles. The minimum atomic E-state index is -0.345. The molecule has 0 unspecified atom stereocenters. The Bertz CT molecular complexity index is 466. The summed E-state index contributed by atoms with van der Waals surface area (Å²) in [6.07, 6.45) is 1.95. The minimum Gasteiger partial charge on any atom is -0.494 e. The molecule has 22 heavy (non-hydrogen) atoms. The molecule has 1 aromatic carbocycles. The molecule has 2 rings (SSSR count). The molecule has 1 aliphatic heterocycles. The van der Waals surface area contributed by atoms with Crippen molar-refractivity contribution in [2.24, 2.45) is 5.73 Å². The zero-order valence-electron chi connectivity index (χ0n) is 13.9. The average molecular weight is 328 g/mol. The second kappa shape index (κ2) is 7.69. The van der Waals surface area contributed by atoms with Crippen molar-refractivity contribution in [2.75, 3.05) is 13.2 Å². The van der Waals surface area contributed by atoms with Crippen molar-refractivity contribution in [1.82, 2.24) is 0 Å². The SMILES string of the molecule is CC1(C)OB(c2cccc(OCCCCN)c2)OC1(C)C.Cl. The van der Waals surface area contributed by atoms with Crippen molar-refractivity contribution in [2.45, 2.75) is 51.7 Å². The Morgan fingerprint density at radius 2 is 1.73 bits per heavy atom. The summed E-state index contributed by atoms with van der Waals surface area (Å²) < 4.78 is 17.9. The maximum absolute atomic E-state index is 6.05. The normalized spacial score (nSPS) is 18.9. The van der Waals surface area contributed by atoms with Crippen molar-refractivity contribution < 1.29 is 14.0 Å². The summed E-state index contributed by atoms with van der Waals surface area (Å²) in [7, 11) is -0.345. The zero-order chi connectivity index (χ0) is 15.5. The van der Waals surface area contributed by atoms with Gasteiger partial charge in [0.2, 0.25) is 0 Å². The van der Waals surface area contributed by atoms with E-state index in [1.807, 2.05) is 24.3 Å². The lowest BCUT2D eigenvalue weighted by Crippen LogP contribution is -2.41. The third kappa shape index (κ3) is 4.38. The van der Waals surface area contributed by atoms with Crippen LogP contribution >= 0.6 is 12.4 Å². The number of nitrogens with two attached hydrogens (primary N) is 1. The molecule has 4 nitrogen and oxygen atoms in total. The van der Waals surface area contributed by atoms with Gasteiger partial charge < -0.3 is 19.8 Å². The fourth-order valence-corrected chi connectivity index (χ4v) is 2.17. The van der Waals surface area contributed by atoms with Crippen LogP contribution in [0.1, 0.15) is 40.5 Å². The maximum atomic E-state index is 6.05. The highest BCUT2D eigenvalue weighted by Gasteiger charge is 2.51. The Hall–Kier alpha value is -0.745. The first kappa shape index (κ1) is 19.3. The monoisotopic (exact) mass is 327 g/mol. The Balaban J connectivity index is 0.00000242. The standard InChI is InChI=1S/C16H26BNO3.ClH/c1-15(2)16(3,4)21-17(20-15)13-8-7-9-14(12-13)19-11-6-5-10-18;/h7-9,12H,5-6,10-11,18H2,1-4H3;1H. The Morgan fingerprint density at radius 1 is 1.09 bits per heavy atom. The lowest BCUT2D eigenvalue weighted by molar-refractivity contribution is 0.00578. The van der Waals surface area contributed by atoms with Crippen molar-refractivity contribution in [1.29, 1.82) is 0 Å². The van der Waals surface area contributed by atoms with Gasteiger partial charge in [-0.05, 0) is 64.7 Å². The summed E-state index contributed by atoms with van der Waals surface area (Å²) in [4.78, 5) is 0. The highest BCUT2D eigenvalue weighted by molar-refractivity contribution is 6.62. The molecule has 0 radical (unpaired) electrons. The molecule has 6 heteroatoms. The Labute approximate surface area is 140 Å². The number of hydrogen-bond donors (Lipinski definition) is 1. The summed E-state index contributed by atoms with van der Waals surface area (Å²) >= 11 is 0. The van der Waals surface area contributed by atoms with Crippen LogP contribution in [0.15, 0.2) is 24.3 Å². The van der Waals surface area contributed by atoms with Crippen LogP contribution in [0, 0.1) is 0 Å². The molecule has 0 bridgehead atoms. The van der Waals surface area contributed by atoms with Gasteiger partial charge in [-0.1, -0.05) is 12.1 Å². The van der Waals surface area contributed by atoms with Crippen LogP contribution in [-0.4, -0.2) is 31.5 Å². The number of halogens is 1. The number of benzene rings is 1. The van der Waals surface area contributed by atoms with Crippen LogP contribution in [0.3, 0.4) is 0 Å². The van der Waals surface area contributed by atoms with Crippen molar-refractivity contribution in [3.63, 3.8) is 0 Å². The molecule has 0 amide bonds. The van der Waals surface area contributed by atoms with Gasteiger partial charge in [-0.15, -0.1) is 12.4 Å². The second-order valence-electron chi connectivity index (χ2n) is 6.50. The van der Waals surface area contributed by atoms with E-state index >= 15 is 0 Å². The molecular formula is C16H27BClNO3. The van der Waals surface area contributed by atoms with Crippen LogP contribution in [0.2, 0.25) is 0 Å². The van der Waals surface area contributed by atoms with E-state index in [4.69, 9.17) is 19.8 Å². The van der Waals surface area contributed by atoms with E-state index in [1.54, 1.807) is 0 Å². The maximum Gasteiger partial charge on any atom is 0.494 e. The summed E-state index contributed by atoms with van der Waals surface area (Å²) in [5, 5.41) is 0. The highest BCUT2D eigenvalue weighted by atomic mass is 35.5. The van der Waals surface area contributed by atoms with Crippen molar-refractivity contribution in [3.8, 4) is 5.75 Å². The van der Waals surface area contributed by atoms with E-state index in [-0.39, 0.29) is 30.7 Å². The van der Waals surface area contributed by atoms with Gasteiger partial charge >= 0.3 is 7.12 Å². The molecule has 1 aromatic rings. The van der Waals surface area contributed by atoms with Gasteiger partial charge in [-0.25, -0.2) is 0 Å². The molecule has 0 aliphatic carbocycles. The predicted molar refractivity (Wildman–Crippen MR) is 93.2 cm³/mol. The molecule has 1 saturated heterocycles. The molecule has 1 heterocycles. The number of hydrogen-bond acceptors (Lipinski definition) is 4. The molecule has 0 spiro atoms. The van der Waals surface area contributed by atoms with Crippen molar-refractivity contribution in [3.05, 3.63) is 24.3 Å². The Kier molecular flexibility index (Phi) is 6.74. The highest BCUT2D eigenvalue weighted by Crippen LogP contribution is 2.36. The van der Waals surface area contributed by atoms with E-state index < -0.39 is 0 Å². The molecule has 124 valence electrons. The van der Waals surface area contributed by atoms with Gasteiger partial charge in [-0.3, -0.25) is 0 Å². The summed E-state index contributed by atoms with van der Waals surface area (Å²) in [5.41, 5.74) is 5.82. The van der Waals surface area contributed by atoms with Crippen LogP contribution in [0.5, 0.6) is 5.75 Å². The van der Waals surface area contributed by atoms with Gasteiger partial charge in [0.05, 0.1) is 17.8 Å². The van der Waals surface area contributed by atoms with Crippen LogP contribution in [0.25, 0.3) is 0 Å². The predicted octanol–water partition coefficient (Wildman–Crippen LogP) is 2.53. The fraction of sp³-hybridized carbons (Fsp3) is 0.625. The quantitative estimate of drug-likeness (QED) is 0.644. The Morgan fingerprint density at radius 3 is 2.32 bits per heavy atom. The summed E-state index contributed by atoms with van der Waals surface area (Å²) in [6.45, 7) is 9.61. The van der Waals surface area contributed by atoms with Gasteiger partial charge in [0.25, 0.3) is 0 Å². The molecule has 0 atom stereocenters. The molecule has 1 aliphatic rings. The van der Waals surface area contributed by atoms with Crippen LogP contribution in [0.4, 0.5) is 0 Å². The molecule has 1 fully saturated rings. The first-order valence-electron chi connectivity index (χ1n) is 7.64. The topological polar surface area (TPSA) is 53.7 Å². The molecule has 2 N–H and O–H groups in total. The van der Waals surface area contributed by atoms with E-state index in [0.717, 1.165) is 24.1 Å². The smallest absolute Gasteiger partial charge is 0.494 e. The molecule has 0 aromatic heterocycles. The summed E-state index contributed by atoms with van der Waals surface area (Å²) in [5.74, 6) is 0.847. The van der Waals surface area contributed by atoms with Gasteiger partial charge in [0.15, 0.2) is 0 Å². The number of unbranched alkanes of at least 4 members (excludes halogenated alkanes) is 1. The van der Waals surface area contributed by atoms with E-state index in [1.165, 1.54) is 0 Å². The molecular weight excluding hydrogens is 300 g/mol. The van der Waals surface area contributed by atoms with E-state index in [2.05, 4.69) is 27.7 Å². The minimum absolute atomic E-state index is 0.